The quantitative estimate of drug-likeness (QED) is 0.595. The lowest BCUT2D eigenvalue weighted by Gasteiger charge is -2.12. The first-order valence-corrected chi connectivity index (χ1v) is 4.17. The minimum atomic E-state index is 0.694. The molecule has 0 aromatic rings. The zero-order valence-electron chi connectivity index (χ0n) is 8.27. The van der Waals surface area contributed by atoms with E-state index in [2.05, 4.69) is 20.8 Å². The van der Waals surface area contributed by atoms with E-state index in [0.717, 1.165) is 12.5 Å². The predicted molar refractivity (Wildman–Crippen MR) is 47.2 cm³/mol. The standard InChI is InChI=1S/C7H16O.C2H6/c1-6(2)7(3)5-8-4;1-2/h6-7H,5H2,1-4H3;1-2H3. The van der Waals surface area contributed by atoms with Crippen molar-refractivity contribution in [3.63, 3.8) is 0 Å². The van der Waals surface area contributed by atoms with E-state index in [1.54, 1.807) is 7.11 Å². The number of ether oxygens (including phenoxy) is 1. The first kappa shape index (κ1) is 12.6. The Morgan fingerprint density at radius 2 is 1.50 bits per heavy atom. The Morgan fingerprint density at radius 1 is 1.10 bits per heavy atom. The highest BCUT2D eigenvalue weighted by molar-refractivity contribution is 4.53. The molecule has 1 heteroatoms. The third kappa shape index (κ3) is 7.96. The molecule has 0 aliphatic carbocycles. The Kier molecular flexibility index (Phi) is 11.3. The van der Waals surface area contributed by atoms with E-state index in [1.807, 2.05) is 13.8 Å². The highest BCUT2D eigenvalue weighted by atomic mass is 16.5. The smallest absolute Gasteiger partial charge is 0.0490 e. The molecule has 0 N–H and O–H groups in total. The molecule has 0 saturated heterocycles. The molecule has 0 radical (unpaired) electrons. The summed E-state index contributed by atoms with van der Waals surface area (Å²) in [7, 11) is 1.75. The average Bonchev–Trinajstić information content (AvgIpc) is 1.93. The minimum Gasteiger partial charge on any atom is -0.384 e. The van der Waals surface area contributed by atoms with Gasteiger partial charge in [0.15, 0.2) is 0 Å². The van der Waals surface area contributed by atoms with E-state index < -0.39 is 0 Å². The fourth-order valence-electron chi connectivity index (χ4n) is 0.455. The Labute approximate surface area is 65.8 Å². The number of methoxy groups -OCH3 is 1. The van der Waals surface area contributed by atoms with Gasteiger partial charge < -0.3 is 4.74 Å². The van der Waals surface area contributed by atoms with Crippen molar-refractivity contribution in [2.75, 3.05) is 13.7 Å². The molecule has 0 amide bonds. The third-order valence-corrected chi connectivity index (χ3v) is 1.57. The second-order valence-electron chi connectivity index (χ2n) is 2.68. The van der Waals surface area contributed by atoms with Crippen LogP contribution in [-0.2, 0) is 4.74 Å². The van der Waals surface area contributed by atoms with Gasteiger partial charge in [-0.2, -0.15) is 0 Å². The number of hydrogen-bond acceptors (Lipinski definition) is 1. The normalized spacial score (nSPS) is 12.3. The molecule has 0 fully saturated rings. The highest BCUT2D eigenvalue weighted by Crippen LogP contribution is 2.08. The van der Waals surface area contributed by atoms with Crippen LogP contribution in [0.1, 0.15) is 34.6 Å². The second kappa shape index (κ2) is 8.96. The Bertz CT molecular complexity index is 50.7. The first-order valence-electron chi connectivity index (χ1n) is 4.17. The van der Waals surface area contributed by atoms with Crippen molar-refractivity contribution in [1.82, 2.24) is 0 Å². The molecule has 0 heterocycles. The molecule has 0 aromatic heterocycles. The summed E-state index contributed by atoms with van der Waals surface area (Å²) < 4.78 is 4.96. The maximum absolute atomic E-state index is 4.96. The summed E-state index contributed by atoms with van der Waals surface area (Å²) in [6.07, 6.45) is 0. The maximum atomic E-state index is 4.96. The molecule has 1 atom stereocenters. The fraction of sp³-hybridized carbons (Fsp3) is 1.00. The van der Waals surface area contributed by atoms with Crippen LogP contribution >= 0.6 is 0 Å². The second-order valence-corrected chi connectivity index (χ2v) is 2.68. The number of rotatable bonds is 3. The average molecular weight is 146 g/mol. The predicted octanol–water partition coefficient (Wildman–Crippen LogP) is 2.95. The van der Waals surface area contributed by atoms with Crippen molar-refractivity contribution < 1.29 is 4.74 Å². The summed E-state index contributed by atoms with van der Waals surface area (Å²) in [6.45, 7) is 11.5. The molecule has 1 nitrogen and oxygen atoms in total. The van der Waals surface area contributed by atoms with Gasteiger partial charge in [0, 0.05) is 13.7 Å². The third-order valence-electron chi connectivity index (χ3n) is 1.57. The molecule has 0 saturated carbocycles. The van der Waals surface area contributed by atoms with Gasteiger partial charge in [0.05, 0.1) is 0 Å². The molecule has 0 spiro atoms. The fourth-order valence-corrected chi connectivity index (χ4v) is 0.455. The van der Waals surface area contributed by atoms with Crippen LogP contribution < -0.4 is 0 Å². The van der Waals surface area contributed by atoms with E-state index in [9.17, 15) is 0 Å². The zero-order valence-corrected chi connectivity index (χ0v) is 8.27. The Morgan fingerprint density at radius 3 is 1.60 bits per heavy atom. The molecule has 0 aromatic carbocycles. The van der Waals surface area contributed by atoms with Crippen LogP contribution in [0, 0.1) is 11.8 Å². The summed E-state index contributed by atoms with van der Waals surface area (Å²) >= 11 is 0. The zero-order chi connectivity index (χ0) is 8.57. The van der Waals surface area contributed by atoms with Crippen LogP contribution in [0.25, 0.3) is 0 Å². The van der Waals surface area contributed by atoms with Crippen molar-refractivity contribution in [3.8, 4) is 0 Å². The minimum absolute atomic E-state index is 0.694. The van der Waals surface area contributed by atoms with Gasteiger partial charge in [-0.3, -0.25) is 0 Å². The number of hydrogen-bond donors (Lipinski definition) is 0. The van der Waals surface area contributed by atoms with Gasteiger partial charge >= 0.3 is 0 Å². The van der Waals surface area contributed by atoms with Gasteiger partial charge in [-0.05, 0) is 11.8 Å². The van der Waals surface area contributed by atoms with Gasteiger partial charge in [-0.1, -0.05) is 34.6 Å². The van der Waals surface area contributed by atoms with Crippen LogP contribution in [0.15, 0.2) is 0 Å². The molecule has 1 unspecified atom stereocenters. The van der Waals surface area contributed by atoms with Crippen LogP contribution in [0.5, 0.6) is 0 Å². The van der Waals surface area contributed by atoms with Gasteiger partial charge in [0.2, 0.25) is 0 Å². The monoisotopic (exact) mass is 146 g/mol. The van der Waals surface area contributed by atoms with Gasteiger partial charge in [0.1, 0.15) is 0 Å². The highest BCUT2D eigenvalue weighted by Gasteiger charge is 2.04. The van der Waals surface area contributed by atoms with E-state index in [1.165, 1.54) is 0 Å². The van der Waals surface area contributed by atoms with Crippen molar-refractivity contribution >= 4 is 0 Å². The van der Waals surface area contributed by atoms with Crippen molar-refractivity contribution in [2.45, 2.75) is 34.6 Å². The van der Waals surface area contributed by atoms with E-state index in [0.29, 0.717) is 5.92 Å². The summed E-state index contributed by atoms with van der Waals surface area (Å²) in [4.78, 5) is 0. The van der Waals surface area contributed by atoms with Crippen LogP contribution in [0.3, 0.4) is 0 Å². The van der Waals surface area contributed by atoms with Gasteiger partial charge in [0.25, 0.3) is 0 Å². The van der Waals surface area contributed by atoms with Crippen molar-refractivity contribution in [2.24, 2.45) is 11.8 Å². The van der Waals surface area contributed by atoms with Crippen LogP contribution in [0.4, 0.5) is 0 Å². The molecule has 10 heavy (non-hydrogen) atoms. The Hall–Kier alpha value is -0.0400. The molecular weight excluding hydrogens is 124 g/mol. The Balaban J connectivity index is 0. The summed E-state index contributed by atoms with van der Waals surface area (Å²) in [5.41, 5.74) is 0. The first-order chi connectivity index (χ1) is 4.68. The van der Waals surface area contributed by atoms with Crippen LogP contribution in [-0.4, -0.2) is 13.7 Å². The maximum Gasteiger partial charge on any atom is 0.0490 e. The van der Waals surface area contributed by atoms with E-state index in [4.69, 9.17) is 4.74 Å². The molecular formula is C9H22O. The topological polar surface area (TPSA) is 9.23 Å². The molecule has 0 rings (SSSR count). The molecule has 0 aliphatic heterocycles. The van der Waals surface area contributed by atoms with Crippen molar-refractivity contribution in [3.05, 3.63) is 0 Å². The van der Waals surface area contributed by atoms with Gasteiger partial charge in [-0.15, -0.1) is 0 Å². The van der Waals surface area contributed by atoms with Crippen LogP contribution in [0.2, 0.25) is 0 Å². The molecule has 0 bridgehead atoms. The molecule has 0 aliphatic rings. The largest absolute Gasteiger partial charge is 0.384 e. The lowest BCUT2D eigenvalue weighted by atomic mass is 10.00. The SMILES string of the molecule is CC.COCC(C)C(C)C. The van der Waals surface area contributed by atoms with Gasteiger partial charge in [-0.25, -0.2) is 0 Å². The van der Waals surface area contributed by atoms with Crippen molar-refractivity contribution in [1.29, 1.82) is 0 Å². The summed E-state index contributed by atoms with van der Waals surface area (Å²) in [5, 5.41) is 0. The summed E-state index contributed by atoms with van der Waals surface area (Å²) in [6, 6.07) is 0. The lowest BCUT2D eigenvalue weighted by Crippen LogP contribution is -2.09. The molecule has 64 valence electrons. The lowest BCUT2D eigenvalue weighted by molar-refractivity contribution is 0.138. The summed E-state index contributed by atoms with van der Waals surface area (Å²) in [5.74, 6) is 1.44. The van der Waals surface area contributed by atoms with E-state index >= 15 is 0 Å². The van der Waals surface area contributed by atoms with E-state index in [-0.39, 0.29) is 0 Å².